The maximum absolute atomic E-state index is 12.7. The molecule has 2 fully saturated rings. The number of thioether (sulfide) groups is 1. The Hall–Kier alpha value is -1.30. The number of ether oxygens (including phenoxy) is 1. The van der Waals surface area contributed by atoms with Crippen LogP contribution in [0.5, 0.6) is 0 Å². The molecule has 0 aromatic heterocycles. The number of esters is 1. The first kappa shape index (κ1) is 14.6. The topological polar surface area (TPSA) is 63.7 Å². The first-order valence-electron chi connectivity index (χ1n) is 7.22. The standard InChI is InChI=1S/C15H19NO4S/c1-20-15(19)10(5-6-21-2)16-13(17)11-8-3-4-9(7-8)12(11)14(16)18/h3-4,8-12H,5-7H2,1-2H3. The number of fused-ring (bicyclic) bond motifs is 5. The minimum Gasteiger partial charge on any atom is -0.467 e. The number of methoxy groups -OCH3 is 1. The van der Waals surface area contributed by atoms with E-state index < -0.39 is 12.0 Å². The van der Waals surface area contributed by atoms with Crippen LogP contribution in [0.4, 0.5) is 0 Å². The van der Waals surface area contributed by atoms with E-state index in [2.05, 4.69) is 12.2 Å². The second-order valence-electron chi connectivity index (χ2n) is 5.87. The lowest BCUT2D eigenvalue weighted by molar-refractivity contribution is -0.157. The van der Waals surface area contributed by atoms with Gasteiger partial charge in [-0.2, -0.15) is 11.8 Å². The highest BCUT2D eigenvalue weighted by atomic mass is 32.2. The minimum absolute atomic E-state index is 0.167. The summed E-state index contributed by atoms with van der Waals surface area (Å²) in [6, 6.07) is -0.771. The van der Waals surface area contributed by atoms with Crippen molar-refractivity contribution in [1.82, 2.24) is 4.90 Å². The van der Waals surface area contributed by atoms with E-state index in [0.717, 1.165) is 6.42 Å². The second-order valence-corrected chi connectivity index (χ2v) is 6.85. The van der Waals surface area contributed by atoms with Crippen molar-refractivity contribution in [2.24, 2.45) is 23.7 Å². The van der Waals surface area contributed by atoms with Gasteiger partial charge in [0.1, 0.15) is 6.04 Å². The Labute approximate surface area is 128 Å². The van der Waals surface area contributed by atoms with Crippen LogP contribution in [0.25, 0.3) is 0 Å². The molecule has 5 nitrogen and oxygen atoms in total. The van der Waals surface area contributed by atoms with E-state index in [0.29, 0.717) is 12.2 Å². The molecule has 1 heterocycles. The van der Waals surface area contributed by atoms with Gasteiger partial charge in [0.25, 0.3) is 0 Å². The molecule has 0 radical (unpaired) electrons. The Morgan fingerprint density at radius 1 is 1.33 bits per heavy atom. The van der Waals surface area contributed by atoms with Gasteiger partial charge in [0.05, 0.1) is 18.9 Å². The Morgan fingerprint density at radius 3 is 2.38 bits per heavy atom. The molecule has 0 spiro atoms. The molecule has 3 aliphatic rings. The number of nitrogens with zero attached hydrogens (tertiary/aromatic N) is 1. The molecular formula is C15H19NO4S. The Kier molecular flexibility index (Phi) is 3.82. The van der Waals surface area contributed by atoms with Crippen LogP contribution in [0.3, 0.4) is 0 Å². The molecule has 5 atom stereocenters. The lowest BCUT2D eigenvalue weighted by Gasteiger charge is -2.25. The monoisotopic (exact) mass is 309 g/mol. The summed E-state index contributed by atoms with van der Waals surface area (Å²) in [7, 11) is 1.30. The van der Waals surface area contributed by atoms with Gasteiger partial charge in [0.15, 0.2) is 0 Å². The summed E-state index contributed by atoms with van der Waals surface area (Å²) in [6.45, 7) is 0. The molecule has 0 aromatic rings. The summed E-state index contributed by atoms with van der Waals surface area (Å²) in [4.78, 5) is 38.5. The molecule has 1 aliphatic heterocycles. The molecule has 1 saturated heterocycles. The van der Waals surface area contributed by atoms with Crippen LogP contribution >= 0.6 is 11.8 Å². The zero-order valence-corrected chi connectivity index (χ0v) is 13.0. The van der Waals surface area contributed by atoms with E-state index >= 15 is 0 Å². The summed E-state index contributed by atoms with van der Waals surface area (Å²) in [5.74, 6) is -0.330. The predicted octanol–water partition coefficient (Wildman–Crippen LogP) is 1.09. The second kappa shape index (κ2) is 5.48. The predicted molar refractivity (Wildman–Crippen MR) is 78.4 cm³/mol. The smallest absolute Gasteiger partial charge is 0.329 e. The third-order valence-corrected chi connectivity index (χ3v) is 5.53. The Bertz CT molecular complexity index is 488. The number of rotatable bonds is 5. The van der Waals surface area contributed by atoms with Crippen LogP contribution in [0.15, 0.2) is 12.2 Å². The molecule has 21 heavy (non-hydrogen) atoms. The summed E-state index contributed by atoms with van der Waals surface area (Å²) < 4.78 is 4.80. The molecule has 3 rings (SSSR count). The number of allylic oxidation sites excluding steroid dienone is 2. The fraction of sp³-hybridized carbons (Fsp3) is 0.667. The molecular weight excluding hydrogens is 290 g/mol. The van der Waals surface area contributed by atoms with Crippen molar-refractivity contribution in [2.45, 2.75) is 18.9 Å². The van der Waals surface area contributed by atoms with Crippen molar-refractivity contribution in [3.8, 4) is 0 Å². The molecule has 6 heteroatoms. The van der Waals surface area contributed by atoms with Crippen LogP contribution in [-0.2, 0) is 19.1 Å². The molecule has 0 aromatic carbocycles. The fourth-order valence-electron chi connectivity index (χ4n) is 3.95. The molecule has 5 unspecified atom stereocenters. The summed E-state index contributed by atoms with van der Waals surface area (Å²) in [5.41, 5.74) is 0. The quantitative estimate of drug-likeness (QED) is 0.432. The van der Waals surface area contributed by atoms with E-state index in [9.17, 15) is 14.4 Å². The van der Waals surface area contributed by atoms with Gasteiger partial charge in [-0.3, -0.25) is 14.5 Å². The molecule has 1 saturated carbocycles. The van der Waals surface area contributed by atoms with Gasteiger partial charge in [0.2, 0.25) is 11.8 Å². The molecule has 2 aliphatic carbocycles. The van der Waals surface area contributed by atoms with Gasteiger partial charge in [-0.25, -0.2) is 4.79 Å². The zero-order chi connectivity index (χ0) is 15.1. The van der Waals surface area contributed by atoms with Crippen molar-refractivity contribution in [1.29, 1.82) is 0 Å². The first-order valence-corrected chi connectivity index (χ1v) is 8.61. The highest BCUT2D eigenvalue weighted by molar-refractivity contribution is 7.98. The number of amides is 2. The minimum atomic E-state index is -0.771. The molecule has 0 N–H and O–H groups in total. The van der Waals surface area contributed by atoms with E-state index in [1.165, 1.54) is 12.0 Å². The number of hydrogen-bond donors (Lipinski definition) is 0. The highest BCUT2D eigenvalue weighted by Gasteiger charge is 2.61. The van der Waals surface area contributed by atoms with Crippen molar-refractivity contribution < 1.29 is 19.1 Å². The molecule has 114 valence electrons. The SMILES string of the molecule is COC(=O)C(CCSC)N1C(=O)C2C3C=CC(C3)C2C1=O. The lowest BCUT2D eigenvalue weighted by Crippen LogP contribution is -2.47. The van der Waals surface area contributed by atoms with Crippen LogP contribution in [0, 0.1) is 23.7 Å². The average Bonchev–Trinajstić information content (AvgIpc) is 3.15. The zero-order valence-electron chi connectivity index (χ0n) is 12.2. The number of carbonyl (C=O) groups excluding carboxylic acids is 3. The molecule has 2 amide bonds. The van der Waals surface area contributed by atoms with Crippen LogP contribution in [0.1, 0.15) is 12.8 Å². The Morgan fingerprint density at radius 2 is 1.90 bits per heavy atom. The third kappa shape index (κ3) is 2.11. The first-order chi connectivity index (χ1) is 10.1. The average molecular weight is 309 g/mol. The van der Waals surface area contributed by atoms with Gasteiger partial charge in [-0.1, -0.05) is 12.2 Å². The summed E-state index contributed by atoms with van der Waals surface area (Å²) in [5, 5.41) is 0. The van der Waals surface area contributed by atoms with E-state index in [1.807, 2.05) is 6.26 Å². The normalized spacial score (nSPS) is 34.5. The maximum Gasteiger partial charge on any atom is 0.329 e. The summed E-state index contributed by atoms with van der Waals surface area (Å²) in [6.07, 6.45) is 7.38. The van der Waals surface area contributed by atoms with Crippen molar-refractivity contribution in [2.75, 3.05) is 19.1 Å². The fourth-order valence-corrected chi connectivity index (χ4v) is 4.41. The van der Waals surface area contributed by atoms with Crippen molar-refractivity contribution in [3.63, 3.8) is 0 Å². The van der Waals surface area contributed by atoms with Crippen LogP contribution in [0.2, 0.25) is 0 Å². The van der Waals surface area contributed by atoms with E-state index in [1.54, 1.807) is 11.8 Å². The maximum atomic E-state index is 12.7. The van der Waals surface area contributed by atoms with Crippen LogP contribution < -0.4 is 0 Å². The van der Waals surface area contributed by atoms with E-state index in [-0.39, 0.29) is 35.5 Å². The number of hydrogen-bond acceptors (Lipinski definition) is 5. The van der Waals surface area contributed by atoms with Gasteiger partial charge in [0, 0.05) is 0 Å². The summed E-state index contributed by atoms with van der Waals surface area (Å²) >= 11 is 1.58. The highest BCUT2D eigenvalue weighted by Crippen LogP contribution is 2.53. The Balaban J connectivity index is 1.86. The largest absolute Gasteiger partial charge is 0.467 e. The molecule has 2 bridgehead atoms. The van der Waals surface area contributed by atoms with Gasteiger partial charge >= 0.3 is 5.97 Å². The van der Waals surface area contributed by atoms with E-state index in [4.69, 9.17) is 4.74 Å². The van der Waals surface area contributed by atoms with Gasteiger partial charge < -0.3 is 4.74 Å². The number of likely N-dealkylation sites (tertiary alicyclic amines) is 1. The van der Waals surface area contributed by atoms with Crippen molar-refractivity contribution >= 4 is 29.5 Å². The van der Waals surface area contributed by atoms with Gasteiger partial charge in [-0.15, -0.1) is 0 Å². The van der Waals surface area contributed by atoms with Gasteiger partial charge in [-0.05, 0) is 36.7 Å². The number of carbonyl (C=O) groups is 3. The van der Waals surface area contributed by atoms with Crippen molar-refractivity contribution in [3.05, 3.63) is 12.2 Å². The third-order valence-electron chi connectivity index (χ3n) is 4.88. The number of imide groups is 1. The lowest BCUT2D eigenvalue weighted by atomic mass is 9.85. The van der Waals surface area contributed by atoms with Crippen LogP contribution in [-0.4, -0.2) is 47.8 Å².